The number of hydrogen-bond donors (Lipinski definition) is 0. The number of methoxy groups -OCH3 is 2. The number of carbonyl (C=O) groups excluding carboxylic acids is 1. The summed E-state index contributed by atoms with van der Waals surface area (Å²) in [5.74, 6) is 1.07. The minimum absolute atomic E-state index is 0.498. The van der Waals surface area contributed by atoms with E-state index < -0.39 is 0 Å². The van der Waals surface area contributed by atoms with Gasteiger partial charge in [0.1, 0.15) is 0 Å². The molecule has 1 aromatic heterocycles. The first-order chi connectivity index (χ1) is 8.71. The van der Waals surface area contributed by atoms with E-state index in [0.29, 0.717) is 22.6 Å². The van der Waals surface area contributed by atoms with Gasteiger partial charge in [-0.05, 0) is 12.1 Å². The lowest BCUT2D eigenvalue weighted by molar-refractivity contribution is 0.112. The van der Waals surface area contributed by atoms with E-state index in [-0.39, 0.29) is 0 Å². The second-order valence-electron chi connectivity index (χ2n) is 3.66. The summed E-state index contributed by atoms with van der Waals surface area (Å²) in [6.45, 7) is 0. The minimum atomic E-state index is 0.498. The molecular weight excluding hydrogens is 234 g/mol. The molecule has 0 bridgehead atoms. The van der Waals surface area contributed by atoms with Crippen molar-refractivity contribution in [2.75, 3.05) is 14.2 Å². The van der Waals surface area contributed by atoms with Crippen LogP contribution >= 0.6 is 0 Å². The van der Waals surface area contributed by atoms with E-state index in [1.807, 2.05) is 0 Å². The number of rotatable bonds is 4. The van der Waals surface area contributed by atoms with Crippen LogP contribution in [0.5, 0.6) is 11.5 Å². The van der Waals surface area contributed by atoms with E-state index in [1.54, 1.807) is 37.2 Å². The Morgan fingerprint density at radius 3 is 2.39 bits per heavy atom. The number of benzene rings is 1. The Morgan fingerprint density at radius 2 is 1.89 bits per heavy atom. The molecule has 0 spiro atoms. The Hall–Kier alpha value is -2.37. The van der Waals surface area contributed by atoms with Crippen LogP contribution in [-0.2, 0) is 7.05 Å². The molecule has 6 heteroatoms. The zero-order valence-electron chi connectivity index (χ0n) is 10.4. The van der Waals surface area contributed by atoms with Gasteiger partial charge in [-0.25, -0.2) is 4.68 Å². The molecule has 0 N–H and O–H groups in total. The van der Waals surface area contributed by atoms with Crippen molar-refractivity contribution in [2.24, 2.45) is 7.05 Å². The largest absolute Gasteiger partial charge is 0.493 e. The number of nitrogens with zero attached hydrogens (tertiary/aromatic N) is 3. The Labute approximate surface area is 104 Å². The van der Waals surface area contributed by atoms with Gasteiger partial charge in [-0.3, -0.25) is 4.79 Å². The van der Waals surface area contributed by atoms with Gasteiger partial charge in [0.15, 0.2) is 17.8 Å². The fourth-order valence-electron chi connectivity index (χ4n) is 1.75. The lowest BCUT2D eigenvalue weighted by Gasteiger charge is -2.11. The molecular formula is C12H13N3O3. The number of aldehydes is 1. The normalized spacial score (nSPS) is 10.2. The molecule has 94 valence electrons. The second kappa shape index (κ2) is 4.87. The van der Waals surface area contributed by atoms with Gasteiger partial charge < -0.3 is 9.47 Å². The maximum absolute atomic E-state index is 11.2. The maximum atomic E-state index is 11.2. The first-order valence-electron chi connectivity index (χ1n) is 5.27. The molecule has 0 unspecified atom stereocenters. The fraction of sp³-hybridized carbons (Fsp3) is 0.250. The summed E-state index contributed by atoms with van der Waals surface area (Å²) in [4.78, 5) is 11.2. The van der Waals surface area contributed by atoms with Crippen LogP contribution in [-0.4, -0.2) is 35.5 Å². The Morgan fingerprint density at radius 1 is 1.22 bits per heavy atom. The summed E-state index contributed by atoms with van der Waals surface area (Å²) >= 11 is 0. The summed E-state index contributed by atoms with van der Waals surface area (Å²) in [6.07, 6.45) is 2.36. The van der Waals surface area contributed by atoms with Crippen LogP contribution in [0.1, 0.15) is 10.4 Å². The molecule has 2 rings (SSSR count). The SMILES string of the molecule is COc1cc(C=O)c(-c2cnnn2C)cc1OC. The smallest absolute Gasteiger partial charge is 0.161 e. The van der Waals surface area contributed by atoms with E-state index in [1.165, 1.54) is 7.11 Å². The van der Waals surface area contributed by atoms with Crippen LogP contribution in [0.2, 0.25) is 0 Å². The van der Waals surface area contributed by atoms with Crippen LogP contribution in [0.25, 0.3) is 11.3 Å². The van der Waals surface area contributed by atoms with Gasteiger partial charge in [0.2, 0.25) is 0 Å². The predicted octanol–water partition coefficient (Wildman–Crippen LogP) is 1.31. The summed E-state index contributed by atoms with van der Waals surface area (Å²) < 4.78 is 12.0. The number of hydrogen-bond acceptors (Lipinski definition) is 5. The number of carbonyl (C=O) groups is 1. The number of aromatic nitrogens is 3. The highest BCUT2D eigenvalue weighted by Gasteiger charge is 2.14. The van der Waals surface area contributed by atoms with Crippen molar-refractivity contribution < 1.29 is 14.3 Å². The molecule has 18 heavy (non-hydrogen) atoms. The average molecular weight is 247 g/mol. The molecule has 0 aliphatic rings. The van der Waals surface area contributed by atoms with Crippen LogP contribution in [0.4, 0.5) is 0 Å². The first-order valence-corrected chi connectivity index (χ1v) is 5.27. The molecule has 0 aliphatic carbocycles. The molecule has 0 radical (unpaired) electrons. The maximum Gasteiger partial charge on any atom is 0.161 e. The van der Waals surface area contributed by atoms with E-state index >= 15 is 0 Å². The van der Waals surface area contributed by atoms with Crippen LogP contribution in [0.3, 0.4) is 0 Å². The zero-order valence-corrected chi connectivity index (χ0v) is 10.4. The standard InChI is InChI=1S/C12H13N3O3/c1-15-10(6-13-14-15)9-5-12(18-3)11(17-2)4-8(9)7-16/h4-7H,1-3H3. The van der Waals surface area contributed by atoms with Crippen molar-refractivity contribution in [1.82, 2.24) is 15.0 Å². The average Bonchev–Trinajstić information content (AvgIpc) is 2.83. The van der Waals surface area contributed by atoms with Crippen molar-refractivity contribution >= 4 is 6.29 Å². The predicted molar refractivity (Wildman–Crippen MR) is 64.9 cm³/mol. The molecule has 2 aromatic rings. The third-order valence-corrected chi connectivity index (χ3v) is 2.67. The topological polar surface area (TPSA) is 66.2 Å². The van der Waals surface area contributed by atoms with Gasteiger partial charge in [-0.1, -0.05) is 5.21 Å². The van der Waals surface area contributed by atoms with Crippen molar-refractivity contribution in [3.8, 4) is 22.8 Å². The van der Waals surface area contributed by atoms with Crippen LogP contribution in [0, 0.1) is 0 Å². The summed E-state index contributed by atoms with van der Waals surface area (Å²) in [5, 5.41) is 7.64. The van der Waals surface area contributed by atoms with Crippen molar-refractivity contribution in [2.45, 2.75) is 0 Å². The molecule has 0 fully saturated rings. The molecule has 6 nitrogen and oxygen atoms in total. The summed E-state index contributed by atoms with van der Waals surface area (Å²) in [5.41, 5.74) is 1.94. The number of aryl methyl sites for hydroxylation is 1. The molecule has 1 aromatic carbocycles. The Balaban J connectivity index is 2.66. The molecule has 0 atom stereocenters. The monoisotopic (exact) mass is 247 g/mol. The molecule has 0 amide bonds. The first kappa shape index (κ1) is 12.1. The third-order valence-electron chi connectivity index (χ3n) is 2.67. The van der Waals surface area contributed by atoms with E-state index in [2.05, 4.69) is 10.3 Å². The highest BCUT2D eigenvalue weighted by molar-refractivity contribution is 5.88. The van der Waals surface area contributed by atoms with Crippen molar-refractivity contribution in [1.29, 1.82) is 0 Å². The lowest BCUT2D eigenvalue weighted by Crippen LogP contribution is -1.99. The van der Waals surface area contributed by atoms with Crippen molar-refractivity contribution in [3.05, 3.63) is 23.9 Å². The van der Waals surface area contributed by atoms with Gasteiger partial charge in [0.05, 0.1) is 26.1 Å². The summed E-state index contributed by atoms with van der Waals surface area (Å²) in [7, 11) is 4.83. The molecule has 0 saturated carbocycles. The molecule has 1 heterocycles. The lowest BCUT2D eigenvalue weighted by atomic mass is 10.0. The van der Waals surface area contributed by atoms with E-state index in [4.69, 9.17) is 9.47 Å². The third kappa shape index (κ3) is 1.92. The van der Waals surface area contributed by atoms with E-state index in [0.717, 1.165) is 12.0 Å². The van der Waals surface area contributed by atoms with Gasteiger partial charge >= 0.3 is 0 Å². The van der Waals surface area contributed by atoms with Gasteiger partial charge in [-0.15, -0.1) is 5.10 Å². The second-order valence-corrected chi connectivity index (χ2v) is 3.66. The summed E-state index contributed by atoms with van der Waals surface area (Å²) in [6, 6.07) is 3.37. The zero-order chi connectivity index (χ0) is 13.1. The Bertz CT molecular complexity index is 578. The Kier molecular flexibility index (Phi) is 3.27. The highest BCUT2D eigenvalue weighted by atomic mass is 16.5. The molecule has 0 saturated heterocycles. The highest BCUT2D eigenvalue weighted by Crippen LogP contribution is 2.34. The minimum Gasteiger partial charge on any atom is -0.493 e. The number of ether oxygens (including phenoxy) is 2. The van der Waals surface area contributed by atoms with Crippen molar-refractivity contribution in [3.63, 3.8) is 0 Å². The van der Waals surface area contributed by atoms with Gasteiger partial charge in [0, 0.05) is 18.2 Å². The van der Waals surface area contributed by atoms with Gasteiger partial charge in [-0.2, -0.15) is 0 Å². The van der Waals surface area contributed by atoms with E-state index in [9.17, 15) is 4.79 Å². The van der Waals surface area contributed by atoms with Crippen LogP contribution < -0.4 is 9.47 Å². The molecule has 0 aliphatic heterocycles. The van der Waals surface area contributed by atoms with Crippen LogP contribution in [0.15, 0.2) is 18.3 Å². The van der Waals surface area contributed by atoms with Gasteiger partial charge in [0.25, 0.3) is 0 Å². The quantitative estimate of drug-likeness (QED) is 0.762. The fourth-order valence-corrected chi connectivity index (χ4v) is 1.75.